The highest BCUT2D eigenvalue weighted by atomic mass is 19.1. The number of piperidine rings is 1. The molecule has 0 aromatic heterocycles. The Labute approximate surface area is 162 Å². The Morgan fingerprint density at radius 1 is 1.11 bits per heavy atom. The summed E-state index contributed by atoms with van der Waals surface area (Å²) in [4.78, 5) is 37.4. The summed E-state index contributed by atoms with van der Waals surface area (Å²) in [5.74, 6) is -3.35. The molecule has 7 nitrogen and oxygen atoms in total. The average molecular weight is 398 g/mol. The number of likely N-dealkylation sites (tertiary alicyclic amines) is 1. The fourth-order valence-corrected chi connectivity index (χ4v) is 2.70. The monoisotopic (exact) mass is 398 g/mol. The van der Waals surface area contributed by atoms with E-state index in [0.717, 1.165) is 12.1 Å². The Bertz CT molecular complexity index is 720. The number of rotatable bonds is 4. The van der Waals surface area contributed by atoms with Gasteiger partial charge in [0.05, 0.1) is 5.92 Å². The normalized spacial score (nSPS) is 15.1. The lowest BCUT2D eigenvalue weighted by Crippen LogP contribution is -2.43. The molecule has 0 spiro atoms. The van der Waals surface area contributed by atoms with E-state index in [1.54, 1.807) is 20.8 Å². The molecule has 1 aromatic rings. The first-order valence-corrected chi connectivity index (χ1v) is 8.94. The molecule has 0 aliphatic carbocycles. The van der Waals surface area contributed by atoms with Crippen molar-refractivity contribution in [3.63, 3.8) is 0 Å². The fourth-order valence-electron chi connectivity index (χ4n) is 2.70. The van der Waals surface area contributed by atoms with Gasteiger partial charge in [0, 0.05) is 24.8 Å². The van der Waals surface area contributed by atoms with Crippen LogP contribution in [0.2, 0.25) is 0 Å². The van der Waals surface area contributed by atoms with Crippen LogP contribution in [0.5, 0.6) is 0 Å². The predicted octanol–water partition coefficient (Wildman–Crippen LogP) is 3.09. The quantitative estimate of drug-likeness (QED) is 0.788. The van der Waals surface area contributed by atoms with Crippen LogP contribution in [0.3, 0.4) is 0 Å². The van der Waals surface area contributed by atoms with Gasteiger partial charge in [-0.1, -0.05) is 0 Å². The fraction of sp³-hybridized carbons (Fsp3) is 0.526. The molecule has 0 saturated carbocycles. The molecule has 1 heterocycles. The lowest BCUT2D eigenvalue weighted by atomic mass is 9.97. The average Bonchev–Trinajstić information content (AvgIpc) is 2.57. The molecule has 1 N–H and O–H groups in total. The van der Waals surface area contributed by atoms with E-state index in [0.29, 0.717) is 32.0 Å². The zero-order valence-corrected chi connectivity index (χ0v) is 16.1. The maximum Gasteiger partial charge on any atom is 0.410 e. The smallest absolute Gasteiger partial charge is 0.410 e. The van der Waals surface area contributed by atoms with Gasteiger partial charge in [0.1, 0.15) is 17.2 Å². The second-order valence-electron chi connectivity index (χ2n) is 7.56. The number of nitrogens with zero attached hydrogens (tertiary/aromatic N) is 1. The van der Waals surface area contributed by atoms with Gasteiger partial charge in [-0.05, 0) is 45.7 Å². The van der Waals surface area contributed by atoms with Gasteiger partial charge in [-0.3, -0.25) is 9.59 Å². The van der Waals surface area contributed by atoms with Crippen molar-refractivity contribution in [1.29, 1.82) is 0 Å². The molecule has 1 aliphatic rings. The van der Waals surface area contributed by atoms with Crippen LogP contribution in [0, 0.1) is 17.6 Å². The number of hydrogen-bond acceptors (Lipinski definition) is 5. The highest BCUT2D eigenvalue weighted by Gasteiger charge is 2.30. The van der Waals surface area contributed by atoms with Crippen LogP contribution in [-0.2, 0) is 19.1 Å². The number of nitrogens with one attached hydrogen (secondary N) is 1. The molecule has 0 bridgehead atoms. The number of anilines is 1. The number of amides is 2. The molecule has 1 saturated heterocycles. The Hall–Kier alpha value is -2.71. The number of ether oxygens (including phenoxy) is 2. The number of esters is 1. The zero-order valence-electron chi connectivity index (χ0n) is 16.1. The maximum atomic E-state index is 13.1. The van der Waals surface area contributed by atoms with Crippen LogP contribution >= 0.6 is 0 Å². The van der Waals surface area contributed by atoms with Gasteiger partial charge in [-0.15, -0.1) is 0 Å². The van der Waals surface area contributed by atoms with Crippen molar-refractivity contribution in [1.82, 2.24) is 4.90 Å². The van der Waals surface area contributed by atoms with E-state index < -0.39 is 47.7 Å². The molecule has 28 heavy (non-hydrogen) atoms. The van der Waals surface area contributed by atoms with Crippen LogP contribution in [0.25, 0.3) is 0 Å². The summed E-state index contributed by atoms with van der Waals surface area (Å²) in [7, 11) is 0. The summed E-state index contributed by atoms with van der Waals surface area (Å²) in [5, 5.41) is 2.26. The number of carbonyl (C=O) groups excluding carboxylic acids is 3. The molecule has 9 heteroatoms. The van der Waals surface area contributed by atoms with Gasteiger partial charge in [-0.25, -0.2) is 13.6 Å². The van der Waals surface area contributed by atoms with E-state index >= 15 is 0 Å². The molecule has 2 amide bonds. The summed E-state index contributed by atoms with van der Waals surface area (Å²) in [5.41, 5.74) is -0.658. The lowest BCUT2D eigenvalue weighted by molar-refractivity contribution is -0.153. The van der Waals surface area contributed by atoms with Crippen molar-refractivity contribution in [2.75, 3.05) is 25.0 Å². The van der Waals surface area contributed by atoms with Crippen LogP contribution < -0.4 is 5.32 Å². The van der Waals surface area contributed by atoms with Crippen LogP contribution in [-0.4, -0.2) is 48.2 Å². The Morgan fingerprint density at radius 2 is 1.68 bits per heavy atom. The molecule has 1 aliphatic heterocycles. The first-order chi connectivity index (χ1) is 13.0. The van der Waals surface area contributed by atoms with Gasteiger partial charge < -0.3 is 19.7 Å². The molecule has 1 fully saturated rings. The van der Waals surface area contributed by atoms with E-state index in [1.807, 2.05) is 0 Å². The van der Waals surface area contributed by atoms with Crippen molar-refractivity contribution < 1.29 is 32.6 Å². The van der Waals surface area contributed by atoms with Gasteiger partial charge >= 0.3 is 12.1 Å². The van der Waals surface area contributed by atoms with Crippen LogP contribution in [0.1, 0.15) is 33.6 Å². The number of hydrogen-bond donors (Lipinski definition) is 1. The second-order valence-corrected chi connectivity index (χ2v) is 7.56. The zero-order chi connectivity index (χ0) is 20.9. The van der Waals surface area contributed by atoms with Crippen molar-refractivity contribution >= 4 is 23.7 Å². The summed E-state index contributed by atoms with van der Waals surface area (Å²) < 4.78 is 36.5. The first kappa shape index (κ1) is 21.6. The highest BCUT2D eigenvalue weighted by molar-refractivity contribution is 5.92. The molecule has 154 valence electrons. The van der Waals surface area contributed by atoms with Crippen LogP contribution in [0.15, 0.2) is 18.2 Å². The predicted molar refractivity (Wildman–Crippen MR) is 96.5 cm³/mol. The third kappa shape index (κ3) is 6.79. The Balaban J connectivity index is 1.75. The summed E-state index contributed by atoms with van der Waals surface area (Å²) >= 11 is 0. The van der Waals surface area contributed by atoms with E-state index in [1.165, 1.54) is 4.90 Å². The largest absolute Gasteiger partial charge is 0.455 e. The van der Waals surface area contributed by atoms with Gasteiger partial charge in [-0.2, -0.15) is 0 Å². The van der Waals surface area contributed by atoms with Crippen molar-refractivity contribution in [3.8, 4) is 0 Å². The minimum atomic E-state index is -0.830. The van der Waals surface area contributed by atoms with Crippen molar-refractivity contribution in [2.24, 2.45) is 5.92 Å². The van der Waals surface area contributed by atoms with Gasteiger partial charge in [0.25, 0.3) is 5.91 Å². The van der Waals surface area contributed by atoms with Gasteiger partial charge in [0.2, 0.25) is 0 Å². The highest BCUT2D eigenvalue weighted by Crippen LogP contribution is 2.21. The minimum absolute atomic E-state index is 0.0655. The molecular formula is C19H24F2N2O5. The minimum Gasteiger partial charge on any atom is -0.455 e. The molecule has 0 atom stereocenters. The van der Waals surface area contributed by atoms with E-state index in [9.17, 15) is 23.2 Å². The van der Waals surface area contributed by atoms with E-state index in [4.69, 9.17) is 9.47 Å². The van der Waals surface area contributed by atoms with Gasteiger partial charge in [0.15, 0.2) is 6.61 Å². The summed E-state index contributed by atoms with van der Waals surface area (Å²) in [6.45, 7) is 5.46. The van der Waals surface area contributed by atoms with Crippen LogP contribution in [0.4, 0.5) is 19.3 Å². The van der Waals surface area contributed by atoms with E-state index in [2.05, 4.69) is 5.32 Å². The third-order valence-electron chi connectivity index (χ3n) is 3.97. The standard InChI is InChI=1S/C19H24F2N2O5/c1-19(2,3)28-18(26)23-6-4-12(5-7-23)17(25)27-11-16(24)22-15-9-13(20)8-14(21)10-15/h8-10,12H,4-7,11H2,1-3H3,(H,22,24). The Kier molecular flexibility index (Phi) is 6.93. The topological polar surface area (TPSA) is 84.9 Å². The number of carbonyl (C=O) groups is 3. The molecule has 0 radical (unpaired) electrons. The molecular weight excluding hydrogens is 374 g/mol. The number of halogens is 2. The molecule has 2 rings (SSSR count). The third-order valence-corrected chi connectivity index (χ3v) is 3.97. The molecule has 1 aromatic carbocycles. The van der Waals surface area contributed by atoms with E-state index in [-0.39, 0.29) is 5.69 Å². The summed E-state index contributed by atoms with van der Waals surface area (Å²) in [6.07, 6.45) is 0.366. The Morgan fingerprint density at radius 3 is 2.21 bits per heavy atom. The number of benzene rings is 1. The van der Waals surface area contributed by atoms with Crippen molar-refractivity contribution in [2.45, 2.75) is 39.2 Å². The SMILES string of the molecule is CC(C)(C)OC(=O)N1CCC(C(=O)OCC(=O)Nc2cc(F)cc(F)c2)CC1. The molecule has 0 unspecified atom stereocenters. The maximum absolute atomic E-state index is 13.1. The first-order valence-electron chi connectivity index (χ1n) is 8.94. The second kappa shape index (κ2) is 8.99. The summed E-state index contributed by atoms with van der Waals surface area (Å²) in [6, 6.07) is 2.59. The lowest BCUT2D eigenvalue weighted by Gasteiger charge is -2.32. The van der Waals surface area contributed by atoms with Crippen molar-refractivity contribution in [3.05, 3.63) is 29.8 Å².